The molecule has 0 spiro atoms. The van der Waals surface area contributed by atoms with E-state index in [4.69, 9.17) is 12.2 Å². The van der Waals surface area contributed by atoms with E-state index >= 15 is 0 Å². The smallest absolute Gasteiger partial charge is 0.173 e. The van der Waals surface area contributed by atoms with Crippen molar-refractivity contribution in [3.8, 4) is 0 Å². The number of benzene rings is 2. The number of hydrogen-bond donors (Lipinski definition) is 1. The minimum atomic E-state index is -0.242. The molecule has 120 valence electrons. The van der Waals surface area contributed by atoms with Crippen LogP contribution in [0, 0.1) is 11.7 Å². The van der Waals surface area contributed by atoms with Gasteiger partial charge in [0.15, 0.2) is 5.11 Å². The number of hydrogen-bond acceptors (Lipinski definition) is 1. The molecular formula is C19H21FN2S. The number of nitrogens with zero attached hydrogens (tertiary/aromatic N) is 1. The van der Waals surface area contributed by atoms with Crippen molar-refractivity contribution in [1.82, 2.24) is 4.90 Å². The van der Waals surface area contributed by atoms with Crippen LogP contribution in [0.25, 0.3) is 0 Å². The maximum atomic E-state index is 13.0. The topological polar surface area (TPSA) is 15.3 Å². The Labute approximate surface area is 142 Å². The third kappa shape index (κ3) is 4.29. The Bertz CT molecular complexity index is 653. The summed E-state index contributed by atoms with van der Waals surface area (Å²) in [5, 5.41) is 3.94. The molecule has 1 atom stereocenters. The van der Waals surface area contributed by atoms with E-state index in [2.05, 4.69) is 29.3 Å². The first-order valence-electron chi connectivity index (χ1n) is 8.00. The van der Waals surface area contributed by atoms with E-state index in [0.29, 0.717) is 17.1 Å². The number of halogens is 1. The molecule has 0 aliphatic heterocycles. The highest BCUT2D eigenvalue weighted by Gasteiger charge is 2.33. The summed E-state index contributed by atoms with van der Waals surface area (Å²) >= 11 is 5.63. The van der Waals surface area contributed by atoms with Crippen molar-refractivity contribution in [1.29, 1.82) is 0 Å². The lowest BCUT2D eigenvalue weighted by molar-refractivity contribution is 0.298. The van der Waals surface area contributed by atoms with Gasteiger partial charge in [-0.3, -0.25) is 0 Å². The highest BCUT2D eigenvalue weighted by Crippen LogP contribution is 2.36. The Morgan fingerprint density at radius 3 is 2.43 bits per heavy atom. The quantitative estimate of drug-likeness (QED) is 0.792. The van der Waals surface area contributed by atoms with Crippen LogP contribution in [0.3, 0.4) is 0 Å². The SMILES string of the molecule is C[C@H](C1CC1)N(Cc1ccccc1)C(=S)Nc1ccc(F)cc1. The van der Waals surface area contributed by atoms with E-state index in [-0.39, 0.29) is 5.82 Å². The highest BCUT2D eigenvalue weighted by molar-refractivity contribution is 7.80. The van der Waals surface area contributed by atoms with Gasteiger partial charge in [-0.15, -0.1) is 0 Å². The zero-order valence-electron chi connectivity index (χ0n) is 13.2. The molecule has 23 heavy (non-hydrogen) atoms. The maximum Gasteiger partial charge on any atom is 0.173 e. The molecule has 1 N–H and O–H groups in total. The lowest BCUT2D eigenvalue weighted by Gasteiger charge is -2.32. The number of anilines is 1. The van der Waals surface area contributed by atoms with Crippen LogP contribution < -0.4 is 5.32 Å². The summed E-state index contributed by atoms with van der Waals surface area (Å²) in [7, 11) is 0. The molecule has 0 radical (unpaired) electrons. The van der Waals surface area contributed by atoms with Gasteiger partial charge >= 0.3 is 0 Å². The fourth-order valence-electron chi connectivity index (χ4n) is 2.74. The van der Waals surface area contributed by atoms with Crippen molar-refractivity contribution in [2.45, 2.75) is 32.4 Å². The van der Waals surface area contributed by atoms with Crippen LogP contribution in [0.4, 0.5) is 10.1 Å². The van der Waals surface area contributed by atoms with Gasteiger partial charge in [-0.1, -0.05) is 30.3 Å². The zero-order chi connectivity index (χ0) is 16.2. The van der Waals surface area contributed by atoms with Crippen molar-refractivity contribution in [2.24, 2.45) is 5.92 Å². The minimum Gasteiger partial charge on any atom is -0.342 e. The van der Waals surface area contributed by atoms with Crippen molar-refractivity contribution < 1.29 is 4.39 Å². The van der Waals surface area contributed by atoms with Gasteiger partial charge in [-0.25, -0.2) is 4.39 Å². The van der Waals surface area contributed by atoms with Crippen LogP contribution in [0.2, 0.25) is 0 Å². The lowest BCUT2D eigenvalue weighted by atomic mass is 10.1. The predicted octanol–water partition coefficient (Wildman–Crippen LogP) is 4.82. The standard InChI is InChI=1S/C19H21FN2S/c1-14(16-7-8-16)22(13-15-5-3-2-4-6-15)19(23)21-18-11-9-17(20)10-12-18/h2-6,9-12,14,16H,7-8,13H2,1H3,(H,21,23)/t14-/m1/s1. The average molecular weight is 328 g/mol. The summed E-state index contributed by atoms with van der Waals surface area (Å²) < 4.78 is 13.0. The largest absolute Gasteiger partial charge is 0.342 e. The second-order valence-corrected chi connectivity index (χ2v) is 6.52. The predicted molar refractivity (Wildman–Crippen MR) is 96.8 cm³/mol. The van der Waals surface area contributed by atoms with E-state index in [1.54, 1.807) is 12.1 Å². The summed E-state index contributed by atoms with van der Waals surface area (Å²) in [5.74, 6) is 0.473. The van der Waals surface area contributed by atoms with Crippen molar-refractivity contribution in [3.05, 3.63) is 66.0 Å². The maximum absolute atomic E-state index is 13.0. The van der Waals surface area contributed by atoms with Gasteiger partial charge < -0.3 is 10.2 Å². The van der Waals surface area contributed by atoms with Gasteiger partial charge in [-0.2, -0.15) is 0 Å². The average Bonchev–Trinajstić information content (AvgIpc) is 3.40. The van der Waals surface area contributed by atoms with E-state index in [1.807, 2.05) is 18.2 Å². The van der Waals surface area contributed by atoms with Crippen LogP contribution in [0.1, 0.15) is 25.3 Å². The fraction of sp³-hybridized carbons (Fsp3) is 0.316. The first-order chi connectivity index (χ1) is 11.1. The summed E-state index contributed by atoms with van der Waals surface area (Å²) in [4.78, 5) is 2.24. The van der Waals surface area contributed by atoms with Crippen molar-refractivity contribution in [3.63, 3.8) is 0 Å². The van der Waals surface area contributed by atoms with E-state index in [1.165, 1.54) is 30.5 Å². The van der Waals surface area contributed by atoms with Crippen molar-refractivity contribution in [2.75, 3.05) is 5.32 Å². The van der Waals surface area contributed by atoms with E-state index < -0.39 is 0 Å². The molecule has 0 unspecified atom stereocenters. The van der Waals surface area contributed by atoms with Gasteiger partial charge in [-0.05, 0) is 67.7 Å². The fourth-order valence-corrected chi connectivity index (χ4v) is 3.09. The van der Waals surface area contributed by atoms with Crippen LogP contribution in [0.5, 0.6) is 0 Å². The van der Waals surface area contributed by atoms with E-state index in [9.17, 15) is 4.39 Å². The molecule has 2 nitrogen and oxygen atoms in total. The minimum absolute atomic E-state index is 0.242. The first-order valence-corrected chi connectivity index (χ1v) is 8.41. The zero-order valence-corrected chi connectivity index (χ0v) is 14.0. The molecule has 1 aliphatic carbocycles. The molecule has 4 heteroatoms. The monoisotopic (exact) mass is 328 g/mol. The van der Waals surface area contributed by atoms with Crippen LogP contribution >= 0.6 is 12.2 Å². The third-order valence-corrected chi connectivity index (χ3v) is 4.68. The van der Waals surface area contributed by atoms with Crippen molar-refractivity contribution >= 4 is 23.0 Å². The normalized spacial score (nSPS) is 15.0. The van der Waals surface area contributed by atoms with Crippen LogP contribution in [-0.4, -0.2) is 16.1 Å². The summed E-state index contributed by atoms with van der Waals surface area (Å²) in [6.45, 7) is 3.02. The second kappa shape index (κ2) is 7.09. The summed E-state index contributed by atoms with van der Waals surface area (Å²) in [6.07, 6.45) is 2.54. The molecule has 1 aliphatic rings. The Morgan fingerprint density at radius 2 is 1.83 bits per heavy atom. The number of thiocarbonyl (C=S) groups is 1. The molecule has 0 amide bonds. The number of nitrogens with one attached hydrogen (secondary N) is 1. The van der Waals surface area contributed by atoms with Gasteiger partial charge in [0, 0.05) is 18.3 Å². The molecule has 0 bridgehead atoms. The number of rotatable bonds is 5. The molecule has 1 saturated carbocycles. The molecule has 2 aromatic rings. The molecular weight excluding hydrogens is 307 g/mol. The van der Waals surface area contributed by atoms with Crippen LogP contribution in [-0.2, 0) is 6.54 Å². The summed E-state index contributed by atoms with van der Waals surface area (Å²) in [5.41, 5.74) is 2.06. The summed E-state index contributed by atoms with van der Waals surface area (Å²) in [6, 6.07) is 17.1. The second-order valence-electron chi connectivity index (χ2n) is 6.13. The Kier molecular flexibility index (Phi) is 4.91. The highest BCUT2D eigenvalue weighted by atomic mass is 32.1. The van der Waals surface area contributed by atoms with E-state index in [0.717, 1.165) is 12.2 Å². The molecule has 1 fully saturated rings. The Balaban J connectivity index is 1.73. The van der Waals surface area contributed by atoms with Crippen LogP contribution in [0.15, 0.2) is 54.6 Å². The molecule has 0 aromatic heterocycles. The van der Waals surface area contributed by atoms with Gasteiger partial charge in [0.05, 0.1) is 0 Å². The molecule has 0 saturated heterocycles. The van der Waals surface area contributed by atoms with Gasteiger partial charge in [0.25, 0.3) is 0 Å². The first kappa shape index (κ1) is 15.9. The Hall–Kier alpha value is -1.94. The third-order valence-electron chi connectivity index (χ3n) is 4.35. The molecule has 0 heterocycles. The molecule has 2 aromatic carbocycles. The van der Waals surface area contributed by atoms with Gasteiger partial charge in [0.2, 0.25) is 0 Å². The Morgan fingerprint density at radius 1 is 1.17 bits per heavy atom. The van der Waals surface area contributed by atoms with Gasteiger partial charge in [0.1, 0.15) is 5.82 Å². The lowest BCUT2D eigenvalue weighted by Crippen LogP contribution is -2.41. The molecule has 3 rings (SSSR count).